The van der Waals surface area contributed by atoms with Crippen LogP contribution in [0.5, 0.6) is 5.75 Å². The third-order valence-electron chi connectivity index (χ3n) is 3.70. The maximum absolute atomic E-state index is 9.93. The van der Waals surface area contributed by atoms with E-state index in [2.05, 4.69) is 18.7 Å². The van der Waals surface area contributed by atoms with E-state index in [0.717, 1.165) is 24.0 Å². The number of hydrogen-bond donors (Lipinski definition) is 1. The van der Waals surface area contributed by atoms with Crippen molar-refractivity contribution in [1.29, 1.82) is 0 Å². The second kappa shape index (κ2) is 11.1. The van der Waals surface area contributed by atoms with Crippen molar-refractivity contribution in [2.45, 2.75) is 65.2 Å². The molecule has 0 unspecified atom stereocenters. The Balaban J connectivity index is 1.98. The minimum absolute atomic E-state index is 0.494. The lowest BCUT2D eigenvalue weighted by Gasteiger charge is -2.07. The summed E-state index contributed by atoms with van der Waals surface area (Å²) in [5.41, 5.74) is 2.09. The minimum Gasteiger partial charge on any atom is -0.507 e. The first-order valence-electron chi connectivity index (χ1n) is 8.11. The molecule has 1 rings (SSSR count). The standard InChI is InChI=1S/C18H30OS/c1-3-4-5-6-7-8-14-20-15-10-13-17-12-9-11-16(2)18(17)19/h9,11-12,19H,3-8,10,13-15H2,1-2H3. The Labute approximate surface area is 129 Å². The van der Waals surface area contributed by atoms with Gasteiger partial charge in [0.1, 0.15) is 5.75 Å². The number of phenolic OH excluding ortho intramolecular Hbond substituents is 1. The van der Waals surface area contributed by atoms with Crippen LogP contribution in [-0.2, 0) is 6.42 Å². The zero-order valence-corrected chi connectivity index (χ0v) is 14.0. The van der Waals surface area contributed by atoms with Crippen molar-refractivity contribution < 1.29 is 5.11 Å². The third-order valence-corrected chi connectivity index (χ3v) is 4.85. The molecule has 0 heterocycles. The van der Waals surface area contributed by atoms with Gasteiger partial charge in [0.05, 0.1) is 0 Å². The van der Waals surface area contributed by atoms with Crippen molar-refractivity contribution in [3.8, 4) is 5.75 Å². The van der Waals surface area contributed by atoms with Gasteiger partial charge in [-0.3, -0.25) is 0 Å². The first-order chi connectivity index (χ1) is 9.75. The van der Waals surface area contributed by atoms with Crippen LogP contribution in [0.2, 0.25) is 0 Å². The Morgan fingerprint density at radius 2 is 1.65 bits per heavy atom. The predicted octanol–water partition coefficient (Wildman–Crippen LogP) is 5.73. The van der Waals surface area contributed by atoms with Crippen LogP contribution in [0.1, 0.15) is 63.0 Å². The van der Waals surface area contributed by atoms with Crippen molar-refractivity contribution in [1.82, 2.24) is 0 Å². The number of para-hydroxylation sites is 1. The van der Waals surface area contributed by atoms with Gasteiger partial charge in [-0.15, -0.1) is 0 Å². The van der Waals surface area contributed by atoms with Crippen LogP contribution in [0.3, 0.4) is 0 Å². The quantitative estimate of drug-likeness (QED) is 0.526. The molecule has 0 saturated heterocycles. The zero-order valence-electron chi connectivity index (χ0n) is 13.2. The molecule has 0 atom stereocenters. The van der Waals surface area contributed by atoms with E-state index in [4.69, 9.17) is 0 Å². The topological polar surface area (TPSA) is 20.2 Å². The first-order valence-corrected chi connectivity index (χ1v) is 9.26. The van der Waals surface area contributed by atoms with Crippen LogP contribution in [0.4, 0.5) is 0 Å². The molecule has 0 aromatic heterocycles. The lowest BCUT2D eigenvalue weighted by Crippen LogP contribution is -1.91. The zero-order chi connectivity index (χ0) is 14.6. The van der Waals surface area contributed by atoms with Gasteiger partial charge in [0.2, 0.25) is 0 Å². The molecule has 0 fully saturated rings. The van der Waals surface area contributed by atoms with Gasteiger partial charge >= 0.3 is 0 Å². The van der Waals surface area contributed by atoms with Gasteiger partial charge in [-0.1, -0.05) is 57.2 Å². The average molecular weight is 295 g/mol. The van der Waals surface area contributed by atoms with Crippen molar-refractivity contribution in [3.63, 3.8) is 0 Å². The molecular weight excluding hydrogens is 264 g/mol. The van der Waals surface area contributed by atoms with E-state index < -0.39 is 0 Å². The number of aryl methyl sites for hydroxylation is 2. The van der Waals surface area contributed by atoms with E-state index in [0.29, 0.717) is 5.75 Å². The van der Waals surface area contributed by atoms with E-state index in [9.17, 15) is 5.11 Å². The lowest BCUT2D eigenvalue weighted by atomic mass is 10.1. The number of thioether (sulfide) groups is 1. The molecule has 1 aromatic rings. The molecule has 114 valence electrons. The molecule has 1 nitrogen and oxygen atoms in total. The van der Waals surface area contributed by atoms with Gasteiger partial charge in [0, 0.05) is 0 Å². The van der Waals surface area contributed by atoms with Crippen LogP contribution in [0, 0.1) is 6.92 Å². The Hall–Kier alpha value is -0.630. The Bertz CT molecular complexity index is 362. The summed E-state index contributed by atoms with van der Waals surface area (Å²) >= 11 is 2.06. The highest BCUT2D eigenvalue weighted by atomic mass is 32.2. The predicted molar refractivity (Wildman–Crippen MR) is 91.9 cm³/mol. The Kier molecular flexibility index (Phi) is 9.65. The second-order valence-electron chi connectivity index (χ2n) is 5.57. The number of phenols is 1. The largest absolute Gasteiger partial charge is 0.507 e. The number of aromatic hydroxyl groups is 1. The summed E-state index contributed by atoms with van der Waals surface area (Å²) in [6, 6.07) is 6.04. The lowest BCUT2D eigenvalue weighted by molar-refractivity contribution is 0.463. The molecule has 20 heavy (non-hydrogen) atoms. The summed E-state index contributed by atoms with van der Waals surface area (Å²) in [4.78, 5) is 0. The van der Waals surface area contributed by atoms with Gasteiger partial charge in [-0.05, 0) is 48.8 Å². The molecule has 0 aliphatic rings. The summed E-state index contributed by atoms with van der Waals surface area (Å²) in [5.74, 6) is 3.00. The molecule has 0 aliphatic heterocycles. The molecule has 0 bridgehead atoms. The molecule has 0 spiro atoms. The summed E-state index contributed by atoms with van der Waals surface area (Å²) < 4.78 is 0. The average Bonchev–Trinajstić information content (AvgIpc) is 2.45. The smallest absolute Gasteiger partial charge is 0.121 e. The molecule has 0 aliphatic carbocycles. The monoisotopic (exact) mass is 294 g/mol. The summed E-state index contributed by atoms with van der Waals surface area (Å²) in [6.07, 6.45) is 10.5. The van der Waals surface area contributed by atoms with Crippen LogP contribution in [0.25, 0.3) is 0 Å². The van der Waals surface area contributed by atoms with Gasteiger partial charge in [-0.2, -0.15) is 11.8 Å². The third kappa shape index (κ3) is 7.23. The van der Waals surface area contributed by atoms with Crippen LogP contribution in [-0.4, -0.2) is 16.6 Å². The summed E-state index contributed by atoms with van der Waals surface area (Å²) in [5, 5.41) is 9.93. The fraction of sp³-hybridized carbons (Fsp3) is 0.667. The van der Waals surface area contributed by atoms with E-state index in [1.54, 1.807) is 0 Å². The fourth-order valence-corrected chi connectivity index (χ4v) is 3.33. The van der Waals surface area contributed by atoms with Gasteiger partial charge in [0.25, 0.3) is 0 Å². The highest BCUT2D eigenvalue weighted by Gasteiger charge is 2.02. The van der Waals surface area contributed by atoms with Crippen molar-refractivity contribution >= 4 is 11.8 Å². The maximum Gasteiger partial charge on any atom is 0.121 e. The molecule has 2 heteroatoms. The Morgan fingerprint density at radius 1 is 0.950 bits per heavy atom. The molecular formula is C18H30OS. The molecule has 0 radical (unpaired) electrons. The fourth-order valence-electron chi connectivity index (χ4n) is 2.37. The van der Waals surface area contributed by atoms with Crippen molar-refractivity contribution in [2.24, 2.45) is 0 Å². The van der Waals surface area contributed by atoms with Gasteiger partial charge < -0.3 is 5.11 Å². The van der Waals surface area contributed by atoms with Crippen LogP contribution < -0.4 is 0 Å². The Morgan fingerprint density at radius 3 is 2.45 bits per heavy atom. The molecule has 1 aromatic carbocycles. The maximum atomic E-state index is 9.93. The SMILES string of the molecule is CCCCCCCCSCCCc1cccc(C)c1O. The van der Waals surface area contributed by atoms with Crippen LogP contribution >= 0.6 is 11.8 Å². The summed E-state index contributed by atoms with van der Waals surface area (Å²) in [6.45, 7) is 4.23. The molecule has 1 N–H and O–H groups in total. The minimum atomic E-state index is 0.494. The van der Waals surface area contributed by atoms with Crippen LogP contribution in [0.15, 0.2) is 18.2 Å². The van der Waals surface area contributed by atoms with Gasteiger partial charge in [0.15, 0.2) is 0 Å². The van der Waals surface area contributed by atoms with E-state index in [-0.39, 0.29) is 0 Å². The number of benzene rings is 1. The number of unbranched alkanes of at least 4 members (excludes halogenated alkanes) is 5. The first kappa shape index (κ1) is 17.4. The number of hydrogen-bond acceptors (Lipinski definition) is 2. The second-order valence-corrected chi connectivity index (χ2v) is 6.79. The van der Waals surface area contributed by atoms with E-state index >= 15 is 0 Å². The summed E-state index contributed by atoms with van der Waals surface area (Å²) in [7, 11) is 0. The van der Waals surface area contributed by atoms with E-state index in [1.807, 2.05) is 25.1 Å². The number of rotatable bonds is 11. The normalized spacial score (nSPS) is 10.9. The van der Waals surface area contributed by atoms with E-state index in [1.165, 1.54) is 50.0 Å². The van der Waals surface area contributed by atoms with Crippen molar-refractivity contribution in [2.75, 3.05) is 11.5 Å². The molecule has 0 saturated carbocycles. The highest BCUT2D eigenvalue weighted by molar-refractivity contribution is 7.99. The highest BCUT2D eigenvalue weighted by Crippen LogP contribution is 2.23. The van der Waals surface area contributed by atoms with Crippen molar-refractivity contribution in [3.05, 3.63) is 29.3 Å². The van der Waals surface area contributed by atoms with Gasteiger partial charge in [-0.25, -0.2) is 0 Å². The molecule has 0 amide bonds.